The summed E-state index contributed by atoms with van der Waals surface area (Å²) in [7, 11) is -3.61. The molecule has 7 rings (SSSR count). The summed E-state index contributed by atoms with van der Waals surface area (Å²) in [6.07, 6.45) is 7.85. The van der Waals surface area contributed by atoms with Crippen molar-refractivity contribution in [2.75, 3.05) is 30.6 Å². The molecule has 3 atom stereocenters. The number of anilines is 1. The zero-order valence-electron chi connectivity index (χ0n) is 27.1. The van der Waals surface area contributed by atoms with Crippen molar-refractivity contribution in [2.45, 2.75) is 75.4 Å². The van der Waals surface area contributed by atoms with Crippen LogP contribution in [0.15, 0.2) is 60.7 Å². The summed E-state index contributed by atoms with van der Waals surface area (Å²) >= 11 is 12.7. The highest BCUT2D eigenvalue weighted by molar-refractivity contribution is 7.92. The highest BCUT2D eigenvalue weighted by Crippen LogP contribution is 2.45. The number of halogens is 3. The van der Waals surface area contributed by atoms with E-state index in [1.165, 1.54) is 36.6 Å². The molecule has 3 saturated heterocycles. The van der Waals surface area contributed by atoms with Crippen molar-refractivity contribution < 1.29 is 17.6 Å². The number of benzene rings is 3. The molecule has 48 heavy (non-hydrogen) atoms. The van der Waals surface area contributed by atoms with Crippen LogP contribution in [0, 0.1) is 12.7 Å². The predicted octanol–water partition coefficient (Wildman–Crippen LogP) is 7.59. The van der Waals surface area contributed by atoms with Gasteiger partial charge < -0.3 is 9.47 Å². The summed E-state index contributed by atoms with van der Waals surface area (Å²) in [5, 5.41) is 0.106. The molecule has 3 aliphatic heterocycles. The lowest BCUT2D eigenvalue weighted by Crippen LogP contribution is -2.49. The van der Waals surface area contributed by atoms with Crippen molar-refractivity contribution in [3.8, 4) is 0 Å². The molecule has 1 N–H and O–H groups in total. The van der Waals surface area contributed by atoms with Crippen LogP contribution in [0.3, 0.4) is 0 Å². The Labute approximate surface area is 291 Å². The van der Waals surface area contributed by atoms with Gasteiger partial charge in [-0.15, -0.1) is 0 Å². The van der Waals surface area contributed by atoms with E-state index in [9.17, 15) is 17.6 Å². The van der Waals surface area contributed by atoms with Gasteiger partial charge in [-0.2, -0.15) is 0 Å². The van der Waals surface area contributed by atoms with Crippen molar-refractivity contribution >= 4 is 55.9 Å². The van der Waals surface area contributed by atoms with Crippen LogP contribution in [-0.4, -0.2) is 71.6 Å². The average molecular weight is 713 g/mol. The first-order chi connectivity index (χ1) is 22.9. The van der Waals surface area contributed by atoms with Crippen molar-refractivity contribution in [3.05, 3.63) is 93.5 Å². The highest BCUT2D eigenvalue weighted by atomic mass is 35.5. The van der Waals surface area contributed by atoms with E-state index in [0.29, 0.717) is 49.6 Å². The molecule has 4 heterocycles. The van der Waals surface area contributed by atoms with Crippen LogP contribution in [0.2, 0.25) is 10.0 Å². The van der Waals surface area contributed by atoms with Gasteiger partial charge in [0.05, 0.1) is 33.0 Å². The molecule has 8 nitrogen and oxygen atoms in total. The predicted molar refractivity (Wildman–Crippen MR) is 189 cm³/mol. The fourth-order valence-corrected chi connectivity index (χ4v) is 9.88. The molecule has 0 aliphatic carbocycles. The maximum atomic E-state index is 14.6. The highest BCUT2D eigenvalue weighted by Gasteiger charge is 2.44. The Balaban J connectivity index is 1.07. The summed E-state index contributed by atoms with van der Waals surface area (Å²) < 4.78 is 42.9. The quantitative estimate of drug-likeness (QED) is 0.204. The second kappa shape index (κ2) is 12.9. The maximum absolute atomic E-state index is 14.6. The lowest BCUT2D eigenvalue weighted by Gasteiger charge is -2.45. The molecule has 0 spiro atoms. The first-order valence-electron chi connectivity index (χ1n) is 16.6. The van der Waals surface area contributed by atoms with Crippen LogP contribution in [0.4, 0.5) is 10.1 Å². The molecular weight excluding hydrogens is 672 g/mol. The van der Waals surface area contributed by atoms with Gasteiger partial charge in [0.1, 0.15) is 11.6 Å². The number of nitrogens with zero attached hydrogens (tertiary/aromatic N) is 4. The summed E-state index contributed by atoms with van der Waals surface area (Å²) in [6, 6.07) is 19.7. The van der Waals surface area contributed by atoms with E-state index >= 15 is 0 Å². The van der Waals surface area contributed by atoms with Crippen molar-refractivity contribution in [2.24, 2.45) is 0 Å². The minimum Gasteiger partial charge on any atom is -0.339 e. The molecule has 3 aromatic carbocycles. The normalized spacial score (nSPS) is 22.7. The van der Waals surface area contributed by atoms with Gasteiger partial charge in [0.15, 0.2) is 0 Å². The van der Waals surface area contributed by atoms with Crippen LogP contribution in [0.5, 0.6) is 0 Å². The smallest absolute Gasteiger partial charge is 0.253 e. The van der Waals surface area contributed by atoms with Gasteiger partial charge in [0, 0.05) is 36.8 Å². The summed E-state index contributed by atoms with van der Waals surface area (Å²) in [6.45, 7) is 4.03. The van der Waals surface area contributed by atoms with Gasteiger partial charge in [-0.3, -0.25) is 14.4 Å². The van der Waals surface area contributed by atoms with E-state index in [0.717, 1.165) is 49.0 Å². The number of sulfonamides is 1. The Morgan fingerprint density at radius 1 is 0.979 bits per heavy atom. The number of hydrogen-bond donors (Lipinski definition) is 1. The number of likely N-dealkylation sites (tertiary alicyclic amines) is 1. The fraction of sp³-hybridized carbons (Fsp3) is 0.444. The Morgan fingerprint density at radius 3 is 2.29 bits per heavy atom. The van der Waals surface area contributed by atoms with Gasteiger partial charge in [-0.25, -0.2) is 17.8 Å². The SMILES string of the molecule is Cc1nc2ccccc2n1[C@H]1C[C@H]2CC[C@@H](C1)N2CCC1(c2cccc(F)c2)CCN(C(=O)c2cc(Cl)c(NS(C)(=O)=O)c(Cl)c2)CC1. The van der Waals surface area contributed by atoms with Crippen molar-refractivity contribution in [1.82, 2.24) is 19.4 Å². The molecule has 12 heteroatoms. The van der Waals surface area contributed by atoms with Gasteiger partial charge in [0.2, 0.25) is 10.0 Å². The van der Waals surface area contributed by atoms with E-state index in [1.54, 1.807) is 17.0 Å². The van der Waals surface area contributed by atoms with Gasteiger partial charge >= 0.3 is 0 Å². The second-order valence-corrected chi connectivity index (χ2v) is 16.4. The fourth-order valence-electron chi connectivity index (χ4n) is 8.59. The lowest BCUT2D eigenvalue weighted by atomic mass is 9.70. The monoisotopic (exact) mass is 711 g/mol. The van der Waals surface area contributed by atoms with Crippen LogP contribution in [0.1, 0.15) is 72.7 Å². The number of amides is 1. The number of imidazole rings is 1. The summed E-state index contributed by atoms with van der Waals surface area (Å²) in [4.78, 5) is 23.0. The van der Waals surface area contributed by atoms with Gasteiger partial charge in [0.25, 0.3) is 5.91 Å². The second-order valence-electron chi connectivity index (χ2n) is 13.8. The van der Waals surface area contributed by atoms with Crippen LogP contribution in [-0.2, 0) is 15.4 Å². The zero-order chi connectivity index (χ0) is 33.8. The Kier molecular flexibility index (Phi) is 8.98. The molecule has 1 aromatic heterocycles. The minimum atomic E-state index is -3.61. The number of rotatable bonds is 8. The number of hydrogen-bond acceptors (Lipinski definition) is 5. The molecule has 3 aliphatic rings. The largest absolute Gasteiger partial charge is 0.339 e. The third kappa shape index (κ3) is 6.44. The van der Waals surface area contributed by atoms with Gasteiger partial charge in [-0.1, -0.05) is 47.5 Å². The maximum Gasteiger partial charge on any atom is 0.253 e. The standard InChI is InChI=1S/C36H40Cl2FN5O3S/c1-23-40-32-8-3-4-9-33(32)44(23)29-21-27-10-11-28(22-29)43(27)17-14-36(25-6-5-7-26(39)20-25)12-15-42(16-13-36)35(45)24-18-30(37)34(31(38)19-24)41-48(2,46)47/h3-9,18-20,27-29,41H,10-17,21-22H2,1-2H3/t27-,28+,29+. The Morgan fingerprint density at radius 2 is 1.65 bits per heavy atom. The molecule has 3 fully saturated rings. The van der Waals surface area contributed by atoms with E-state index in [2.05, 4.69) is 39.3 Å². The molecule has 254 valence electrons. The summed E-state index contributed by atoms with van der Waals surface area (Å²) in [5.74, 6) is 0.604. The Bertz CT molecular complexity index is 1940. The number of para-hydroxylation sites is 2. The topological polar surface area (TPSA) is 87.5 Å². The minimum absolute atomic E-state index is 0.0488. The van der Waals surface area contributed by atoms with E-state index in [1.807, 2.05) is 12.1 Å². The molecular formula is C36H40Cl2FN5O3S. The van der Waals surface area contributed by atoms with E-state index in [-0.39, 0.29) is 32.9 Å². The number of aryl methyl sites for hydroxylation is 1. The van der Waals surface area contributed by atoms with Gasteiger partial charge in [-0.05, 0) is 106 Å². The number of fused-ring (bicyclic) bond motifs is 3. The first kappa shape index (κ1) is 33.3. The summed E-state index contributed by atoms with van der Waals surface area (Å²) in [5.41, 5.74) is 3.32. The molecule has 2 bridgehead atoms. The van der Waals surface area contributed by atoms with Crippen LogP contribution < -0.4 is 4.72 Å². The van der Waals surface area contributed by atoms with E-state index in [4.69, 9.17) is 28.2 Å². The molecule has 0 saturated carbocycles. The first-order valence-corrected chi connectivity index (χ1v) is 19.3. The number of carbonyl (C=O) groups is 1. The van der Waals surface area contributed by atoms with Crippen molar-refractivity contribution in [1.29, 1.82) is 0 Å². The number of aromatic nitrogens is 2. The van der Waals surface area contributed by atoms with Crippen LogP contribution >= 0.6 is 23.2 Å². The van der Waals surface area contributed by atoms with E-state index < -0.39 is 10.0 Å². The lowest BCUT2D eigenvalue weighted by molar-refractivity contribution is 0.0606. The third-order valence-corrected chi connectivity index (χ3v) is 12.0. The third-order valence-electron chi connectivity index (χ3n) is 10.9. The number of carbonyl (C=O) groups excluding carboxylic acids is 1. The molecule has 0 unspecified atom stereocenters. The molecule has 1 amide bonds. The number of nitrogens with one attached hydrogen (secondary N) is 1. The Hall–Kier alpha value is -3.18. The molecule has 4 aromatic rings. The number of piperidine rings is 2. The average Bonchev–Trinajstić information content (AvgIpc) is 3.51. The molecule has 0 radical (unpaired) electrons. The zero-order valence-corrected chi connectivity index (χ0v) is 29.5. The van der Waals surface area contributed by atoms with Crippen molar-refractivity contribution in [3.63, 3.8) is 0 Å². The van der Waals surface area contributed by atoms with Crippen LogP contribution in [0.25, 0.3) is 11.0 Å².